The number of anilines is 1. The van der Waals surface area contributed by atoms with Gasteiger partial charge in [0.25, 0.3) is 0 Å². The fourth-order valence-electron chi connectivity index (χ4n) is 1.01. The van der Waals surface area contributed by atoms with E-state index in [2.05, 4.69) is 10.9 Å². The topological polar surface area (TPSA) is 16.1 Å². The van der Waals surface area contributed by atoms with E-state index in [-0.39, 0.29) is 5.92 Å². The van der Waals surface area contributed by atoms with E-state index >= 15 is 0 Å². The second-order valence-electron chi connectivity index (χ2n) is 3.23. The number of nitrogens with zero attached hydrogens (tertiary/aromatic N) is 2. The van der Waals surface area contributed by atoms with E-state index in [9.17, 15) is 0 Å². The van der Waals surface area contributed by atoms with Gasteiger partial charge in [0.1, 0.15) is 5.82 Å². The predicted molar refractivity (Wildman–Crippen MR) is 55.8 cm³/mol. The van der Waals surface area contributed by atoms with Crippen LogP contribution < -0.4 is 4.90 Å². The molecule has 0 bridgehead atoms. The van der Waals surface area contributed by atoms with Crippen LogP contribution in [0.15, 0.2) is 18.3 Å². The van der Waals surface area contributed by atoms with E-state index in [0.29, 0.717) is 0 Å². The van der Waals surface area contributed by atoms with Gasteiger partial charge in [-0.3, -0.25) is 0 Å². The van der Waals surface area contributed by atoms with E-state index in [1.807, 2.05) is 44.2 Å². The molecule has 1 aromatic rings. The standard InChI is InChI=1S/C11H14N2/c1-5-9(2)10-6-7-11(12-8-10)13(3)4/h1,6-9H,2-4H3. The zero-order valence-corrected chi connectivity index (χ0v) is 8.28. The zero-order valence-electron chi connectivity index (χ0n) is 8.28. The lowest BCUT2D eigenvalue weighted by Crippen LogP contribution is -2.10. The minimum atomic E-state index is 0.142. The van der Waals surface area contributed by atoms with Gasteiger partial charge in [0.2, 0.25) is 0 Å². The van der Waals surface area contributed by atoms with Gasteiger partial charge in [0, 0.05) is 26.2 Å². The Morgan fingerprint density at radius 1 is 1.46 bits per heavy atom. The number of hydrogen-bond donors (Lipinski definition) is 0. The molecule has 0 saturated heterocycles. The summed E-state index contributed by atoms with van der Waals surface area (Å²) in [5, 5.41) is 0. The van der Waals surface area contributed by atoms with Crippen molar-refractivity contribution in [2.45, 2.75) is 12.8 Å². The third kappa shape index (κ3) is 2.22. The molecule has 0 fully saturated rings. The largest absolute Gasteiger partial charge is 0.363 e. The molecule has 1 heterocycles. The molecular weight excluding hydrogens is 160 g/mol. The van der Waals surface area contributed by atoms with Crippen LogP contribution in [0.5, 0.6) is 0 Å². The fourth-order valence-corrected chi connectivity index (χ4v) is 1.01. The molecule has 0 N–H and O–H groups in total. The molecule has 0 aliphatic heterocycles. The van der Waals surface area contributed by atoms with Crippen molar-refractivity contribution in [2.24, 2.45) is 0 Å². The molecule has 0 aromatic carbocycles. The third-order valence-corrected chi connectivity index (χ3v) is 1.98. The molecule has 0 spiro atoms. The minimum Gasteiger partial charge on any atom is -0.363 e. The van der Waals surface area contributed by atoms with Crippen LogP contribution >= 0.6 is 0 Å². The Hall–Kier alpha value is -1.49. The van der Waals surface area contributed by atoms with Crippen molar-refractivity contribution in [3.05, 3.63) is 23.9 Å². The molecule has 0 radical (unpaired) electrons. The Bertz CT molecular complexity index is 306. The van der Waals surface area contributed by atoms with Crippen molar-refractivity contribution >= 4 is 5.82 Å². The van der Waals surface area contributed by atoms with Gasteiger partial charge in [-0.05, 0) is 18.6 Å². The summed E-state index contributed by atoms with van der Waals surface area (Å²) in [6.07, 6.45) is 7.15. The Kier molecular flexibility index (Phi) is 2.92. The highest BCUT2D eigenvalue weighted by Gasteiger charge is 2.02. The number of aromatic nitrogens is 1. The number of hydrogen-bond acceptors (Lipinski definition) is 2. The van der Waals surface area contributed by atoms with Gasteiger partial charge in [-0.25, -0.2) is 4.98 Å². The Morgan fingerprint density at radius 3 is 2.54 bits per heavy atom. The van der Waals surface area contributed by atoms with Crippen molar-refractivity contribution in [3.8, 4) is 12.3 Å². The van der Waals surface area contributed by atoms with E-state index < -0.39 is 0 Å². The van der Waals surface area contributed by atoms with Crippen LogP contribution in [0, 0.1) is 12.3 Å². The van der Waals surface area contributed by atoms with Crippen molar-refractivity contribution in [1.82, 2.24) is 4.98 Å². The summed E-state index contributed by atoms with van der Waals surface area (Å²) in [4.78, 5) is 6.24. The molecule has 2 nitrogen and oxygen atoms in total. The number of pyridine rings is 1. The molecule has 2 heteroatoms. The van der Waals surface area contributed by atoms with Gasteiger partial charge < -0.3 is 4.90 Å². The molecular formula is C11H14N2. The van der Waals surface area contributed by atoms with Crippen LogP contribution in [0.25, 0.3) is 0 Å². The first kappa shape index (κ1) is 9.60. The smallest absolute Gasteiger partial charge is 0.127 e. The summed E-state index contributed by atoms with van der Waals surface area (Å²) in [6.45, 7) is 1.99. The molecule has 0 saturated carbocycles. The van der Waals surface area contributed by atoms with Crippen molar-refractivity contribution in [2.75, 3.05) is 19.0 Å². The van der Waals surface area contributed by atoms with Gasteiger partial charge in [0.05, 0.1) is 0 Å². The molecule has 68 valence electrons. The maximum absolute atomic E-state index is 5.31. The average molecular weight is 174 g/mol. The van der Waals surface area contributed by atoms with Gasteiger partial charge >= 0.3 is 0 Å². The first-order valence-electron chi connectivity index (χ1n) is 4.24. The SMILES string of the molecule is C#CC(C)c1ccc(N(C)C)nc1. The van der Waals surface area contributed by atoms with E-state index in [1.54, 1.807) is 0 Å². The second kappa shape index (κ2) is 3.95. The lowest BCUT2D eigenvalue weighted by Gasteiger charge is -2.11. The highest BCUT2D eigenvalue weighted by Crippen LogP contribution is 2.15. The molecule has 0 aliphatic carbocycles. The third-order valence-electron chi connectivity index (χ3n) is 1.98. The highest BCUT2D eigenvalue weighted by atomic mass is 15.1. The predicted octanol–water partition coefficient (Wildman–Crippen LogP) is 1.88. The van der Waals surface area contributed by atoms with Crippen molar-refractivity contribution in [1.29, 1.82) is 0 Å². The van der Waals surface area contributed by atoms with E-state index in [0.717, 1.165) is 11.4 Å². The van der Waals surface area contributed by atoms with Crippen LogP contribution in [0.4, 0.5) is 5.82 Å². The minimum absolute atomic E-state index is 0.142. The maximum Gasteiger partial charge on any atom is 0.127 e. The van der Waals surface area contributed by atoms with Gasteiger partial charge in [0.15, 0.2) is 0 Å². The Labute approximate surface area is 79.6 Å². The summed E-state index contributed by atoms with van der Waals surface area (Å²) >= 11 is 0. The van der Waals surface area contributed by atoms with Crippen molar-refractivity contribution < 1.29 is 0 Å². The quantitative estimate of drug-likeness (QED) is 0.636. The summed E-state index contributed by atoms with van der Waals surface area (Å²) in [5.74, 6) is 3.77. The monoisotopic (exact) mass is 174 g/mol. The molecule has 13 heavy (non-hydrogen) atoms. The number of terminal acetylenes is 1. The first-order chi connectivity index (χ1) is 6.15. The second-order valence-corrected chi connectivity index (χ2v) is 3.23. The molecule has 0 amide bonds. The van der Waals surface area contributed by atoms with Crippen LogP contribution in [0.3, 0.4) is 0 Å². The van der Waals surface area contributed by atoms with Gasteiger partial charge in [-0.2, -0.15) is 0 Å². The molecule has 1 aromatic heterocycles. The van der Waals surface area contributed by atoms with Gasteiger partial charge in [-0.15, -0.1) is 6.42 Å². The Balaban J connectivity index is 2.89. The fraction of sp³-hybridized carbons (Fsp3) is 0.364. The average Bonchev–Trinajstić information content (AvgIpc) is 2.17. The highest BCUT2D eigenvalue weighted by molar-refractivity contribution is 5.38. The van der Waals surface area contributed by atoms with Crippen LogP contribution in [0.1, 0.15) is 18.4 Å². The summed E-state index contributed by atoms with van der Waals surface area (Å²) < 4.78 is 0. The zero-order chi connectivity index (χ0) is 9.84. The number of rotatable bonds is 2. The molecule has 0 aliphatic rings. The maximum atomic E-state index is 5.31. The van der Waals surface area contributed by atoms with Crippen LogP contribution in [-0.2, 0) is 0 Å². The van der Waals surface area contributed by atoms with E-state index in [4.69, 9.17) is 6.42 Å². The van der Waals surface area contributed by atoms with Gasteiger partial charge in [-0.1, -0.05) is 12.0 Å². The first-order valence-corrected chi connectivity index (χ1v) is 4.24. The molecule has 1 atom stereocenters. The van der Waals surface area contributed by atoms with Crippen LogP contribution in [0.2, 0.25) is 0 Å². The van der Waals surface area contributed by atoms with Crippen molar-refractivity contribution in [3.63, 3.8) is 0 Å². The summed E-state index contributed by atoms with van der Waals surface area (Å²) in [7, 11) is 3.93. The molecule has 1 rings (SSSR count). The lowest BCUT2D eigenvalue weighted by molar-refractivity contribution is 0.975. The summed E-state index contributed by atoms with van der Waals surface area (Å²) in [5.41, 5.74) is 1.09. The summed E-state index contributed by atoms with van der Waals surface area (Å²) in [6, 6.07) is 4.00. The van der Waals surface area contributed by atoms with E-state index in [1.165, 1.54) is 0 Å². The normalized spacial score (nSPS) is 11.8. The molecule has 1 unspecified atom stereocenters. The Morgan fingerprint density at radius 2 is 2.15 bits per heavy atom. The van der Waals surface area contributed by atoms with Crippen LogP contribution in [-0.4, -0.2) is 19.1 Å². The lowest BCUT2D eigenvalue weighted by atomic mass is 10.1.